The highest BCUT2D eigenvalue weighted by atomic mass is 28.4. The first-order chi connectivity index (χ1) is 11.6. The van der Waals surface area contributed by atoms with E-state index in [1.54, 1.807) is 29.1 Å². The van der Waals surface area contributed by atoms with Crippen LogP contribution in [0, 0.1) is 0 Å². The highest BCUT2D eigenvalue weighted by Gasteiger charge is 2.30. The lowest BCUT2D eigenvalue weighted by Gasteiger charge is -2.31. The van der Waals surface area contributed by atoms with E-state index in [2.05, 4.69) is 74.6 Å². The van der Waals surface area contributed by atoms with E-state index in [1.165, 1.54) is 5.56 Å². The van der Waals surface area contributed by atoms with Gasteiger partial charge in [0.25, 0.3) is 0 Å². The second kappa shape index (κ2) is 7.54. The number of aliphatic imine (C=N–C) groups is 1. The third-order valence-electron chi connectivity index (χ3n) is 4.08. The van der Waals surface area contributed by atoms with E-state index in [9.17, 15) is 5.11 Å². The Bertz CT molecular complexity index is 746. The first-order valence-corrected chi connectivity index (χ1v) is 15.7. The standard InChI is InChI=1S/C21H29NOSi2/c1-24(2,3)21(25(4,5)6)15-17-7-9-18(10-8-17)16-22-19-11-13-20(23)14-12-19/h7-16,23H,1-6H3. The summed E-state index contributed by atoms with van der Waals surface area (Å²) in [6.45, 7) is 14.6. The van der Waals surface area contributed by atoms with Crippen molar-refractivity contribution in [3.8, 4) is 5.75 Å². The Morgan fingerprint density at radius 1 is 0.760 bits per heavy atom. The molecule has 0 unspecified atom stereocenters. The highest BCUT2D eigenvalue weighted by molar-refractivity contribution is 7.05. The van der Waals surface area contributed by atoms with Crippen LogP contribution < -0.4 is 0 Å². The molecule has 0 radical (unpaired) electrons. The minimum atomic E-state index is -1.31. The van der Waals surface area contributed by atoms with Crippen LogP contribution in [0.5, 0.6) is 5.75 Å². The quantitative estimate of drug-likeness (QED) is 0.489. The van der Waals surface area contributed by atoms with Crippen molar-refractivity contribution in [2.24, 2.45) is 4.99 Å². The molecular formula is C21H29NOSi2. The Labute approximate surface area is 154 Å². The fourth-order valence-corrected chi connectivity index (χ4v) is 13.3. The molecule has 0 aliphatic rings. The largest absolute Gasteiger partial charge is 0.508 e. The maximum atomic E-state index is 9.31. The van der Waals surface area contributed by atoms with Gasteiger partial charge in [-0.2, -0.15) is 0 Å². The molecule has 0 bridgehead atoms. The van der Waals surface area contributed by atoms with Crippen LogP contribution in [0.25, 0.3) is 6.08 Å². The molecule has 2 rings (SSSR count). The Kier molecular flexibility index (Phi) is 5.85. The average molecular weight is 368 g/mol. The van der Waals surface area contributed by atoms with Crippen molar-refractivity contribution in [2.75, 3.05) is 0 Å². The van der Waals surface area contributed by atoms with Crippen molar-refractivity contribution in [3.05, 3.63) is 64.5 Å². The summed E-state index contributed by atoms with van der Waals surface area (Å²) in [4.78, 5) is 6.16. The average Bonchev–Trinajstić information content (AvgIpc) is 2.51. The van der Waals surface area contributed by atoms with Gasteiger partial charge in [0.05, 0.1) is 21.8 Å². The molecule has 1 N–H and O–H groups in total. The van der Waals surface area contributed by atoms with Crippen molar-refractivity contribution in [1.29, 1.82) is 0 Å². The van der Waals surface area contributed by atoms with Crippen LogP contribution in [0.2, 0.25) is 39.3 Å². The van der Waals surface area contributed by atoms with Crippen molar-refractivity contribution >= 4 is 34.1 Å². The van der Waals surface area contributed by atoms with Crippen LogP contribution in [0.3, 0.4) is 0 Å². The van der Waals surface area contributed by atoms with Gasteiger partial charge in [-0.15, -0.1) is 0 Å². The number of phenols is 1. The van der Waals surface area contributed by atoms with E-state index < -0.39 is 16.1 Å². The van der Waals surface area contributed by atoms with Gasteiger partial charge in [0, 0.05) is 6.21 Å². The first kappa shape index (κ1) is 19.4. The molecule has 0 saturated heterocycles. The van der Waals surface area contributed by atoms with Crippen LogP contribution in [0.15, 0.2) is 58.3 Å². The Balaban J connectivity index is 2.21. The smallest absolute Gasteiger partial charge is 0.115 e. The van der Waals surface area contributed by atoms with Gasteiger partial charge >= 0.3 is 0 Å². The van der Waals surface area contributed by atoms with E-state index in [-0.39, 0.29) is 5.75 Å². The predicted molar refractivity (Wildman–Crippen MR) is 116 cm³/mol. The van der Waals surface area contributed by atoms with Gasteiger partial charge in [-0.05, 0) is 35.4 Å². The Hall–Kier alpha value is -1.92. The van der Waals surface area contributed by atoms with E-state index in [1.807, 2.05) is 6.21 Å². The number of benzene rings is 2. The van der Waals surface area contributed by atoms with Crippen molar-refractivity contribution in [1.82, 2.24) is 0 Å². The second-order valence-electron chi connectivity index (χ2n) is 8.50. The molecule has 132 valence electrons. The summed E-state index contributed by atoms with van der Waals surface area (Å²) in [6.07, 6.45) is 4.29. The number of hydrogen-bond acceptors (Lipinski definition) is 2. The molecule has 0 aromatic heterocycles. The van der Waals surface area contributed by atoms with Crippen molar-refractivity contribution < 1.29 is 5.11 Å². The number of phenolic OH excluding ortho intramolecular Hbond substituents is 1. The molecule has 2 aromatic rings. The zero-order chi connectivity index (χ0) is 18.7. The fraction of sp³-hybridized carbons (Fsp3) is 0.286. The summed E-state index contributed by atoms with van der Waals surface area (Å²) in [5.74, 6) is 0.260. The molecule has 0 fully saturated rings. The number of rotatable bonds is 5. The number of hydrogen-bond donors (Lipinski definition) is 1. The summed E-state index contributed by atoms with van der Waals surface area (Å²) >= 11 is 0. The van der Waals surface area contributed by atoms with Crippen LogP contribution in [0.1, 0.15) is 11.1 Å². The number of nitrogens with zero attached hydrogens (tertiary/aromatic N) is 1. The summed E-state index contributed by atoms with van der Waals surface area (Å²) in [5.41, 5.74) is 3.19. The SMILES string of the molecule is C[Si](C)(C)C(=Cc1ccc(C=Nc2ccc(O)cc2)cc1)[Si](C)(C)C. The molecular weight excluding hydrogens is 338 g/mol. The normalized spacial score (nSPS) is 12.4. The molecule has 25 heavy (non-hydrogen) atoms. The van der Waals surface area contributed by atoms with Gasteiger partial charge in [-0.1, -0.05) is 74.4 Å². The maximum Gasteiger partial charge on any atom is 0.115 e. The van der Waals surface area contributed by atoms with E-state index in [0.29, 0.717) is 0 Å². The Morgan fingerprint density at radius 3 is 1.72 bits per heavy atom. The summed E-state index contributed by atoms with van der Waals surface area (Å²) < 4.78 is 0. The van der Waals surface area contributed by atoms with E-state index in [4.69, 9.17) is 0 Å². The lowest BCUT2D eigenvalue weighted by Crippen LogP contribution is -2.39. The summed E-state index contributed by atoms with van der Waals surface area (Å²) in [7, 11) is -2.61. The first-order valence-electron chi connectivity index (χ1n) is 8.71. The molecule has 0 spiro atoms. The van der Waals surface area contributed by atoms with Crippen LogP contribution in [-0.2, 0) is 0 Å². The fourth-order valence-electron chi connectivity index (χ4n) is 3.09. The predicted octanol–water partition coefficient (Wildman–Crippen LogP) is 6.28. The molecule has 2 nitrogen and oxygen atoms in total. The second-order valence-corrected chi connectivity index (χ2v) is 19.1. The minimum absolute atomic E-state index is 0.260. The molecule has 0 atom stereocenters. The third kappa shape index (κ3) is 5.83. The monoisotopic (exact) mass is 367 g/mol. The highest BCUT2D eigenvalue weighted by Crippen LogP contribution is 2.27. The van der Waals surface area contributed by atoms with Crippen molar-refractivity contribution in [3.63, 3.8) is 0 Å². The van der Waals surface area contributed by atoms with Gasteiger partial charge < -0.3 is 5.11 Å². The van der Waals surface area contributed by atoms with Gasteiger partial charge in [0.15, 0.2) is 0 Å². The van der Waals surface area contributed by atoms with Crippen molar-refractivity contribution in [2.45, 2.75) is 39.3 Å². The van der Waals surface area contributed by atoms with Gasteiger partial charge in [-0.3, -0.25) is 4.99 Å². The van der Waals surface area contributed by atoms with Crippen LogP contribution >= 0.6 is 0 Å². The molecule has 2 aromatic carbocycles. The van der Waals surface area contributed by atoms with E-state index >= 15 is 0 Å². The zero-order valence-electron chi connectivity index (χ0n) is 16.2. The molecule has 0 aliphatic carbocycles. The topological polar surface area (TPSA) is 32.6 Å². The van der Waals surface area contributed by atoms with E-state index in [0.717, 1.165) is 11.3 Å². The van der Waals surface area contributed by atoms with Crippen LogP contribution in [-0.4, -0.2) is 27.5 Å². The zero-order valence-corrected chi connectivity index (χ0v) is 18.2. The molecule has 4 heteroatoms. The lowest BCUT2D eigenvalue weighted by molar-refractivity contribution is 0.475. The maximum absolute atomic E-state index is 9.31. The van der Waals surface area contributed by atoms with Gasteiger partial charge in [-0.25, -0.2) is 0 Å². The van der Waals surface area contributed by atoms with Crippen LogP contribution in [0.4, 0.5) is 5.69 Å². The third-order valence-corrected chi connectivity index (χ3v) is 12.1. The Morgan fingerprint density at radius 2 is 1.24 bits per heavy atom. The minimum Gasteiger partial charge on any atom is -0.508 e. The lowest BCUT2D eigenvalue weighted by atomic mass is 10.1. The molecule has 0 amide bonds. The van der Waals surface area contributed by atoms with Gasteiger partial charge in [0.1, 0.15) is 5.75 Å². The number of aromatic hydroxyl groups is 1. The molecule has 0 heterocycles. The molecule has 0 aliphatic heterocycles. The summed E-state index contributed by atoms with van der Waals surface area (Å²) in [6, 6.07) is 15.5. The molecule has 0 saturated carbocycles. The summed E-state index contributed by atoms with van der Waals surface area (Å²) in [5, 5.41) is 9.31. The van der Waals surface area contributed by atoms with Gasteiger partial charge in [0.2, 0.25) is 0 Å².